The molecule has 1 aliphatic heterocycles. The molecule has 0 aromatic carbocycles. The van der Waals surface area contributed by atoms with E-state index >= 15 is 0 Å². The molecule has 2 aliphatic carbocycles. The average molecular weight is 333 g/mol. The van der Waals surface area contributed by atoms with Gasteiger partial charge in [-0.2, -0.15) is 0 Å². The maximum atomic E-state index is 6.59. The van der Waals surface area contributed by atoms with Gasteiger partial charge in [0.1, 0.15) is 0 Å². The largest absolute Gasteiger partial charge is 0.363 e. The van der Waals surface area contributed by atoms with Gasteiger partial charge in [0, 0.05) is 14.0 Å². The minimum absolute atomic E-state index is 0.0127. The zero-order valence-corrected chi connectivity index (χ0v) is 17.0. The van der Waals surface area contributed by atoms with Crippen LogP contribution in [0.1, 0.15) is 58.8 Å². The fourth-order valence-electron chi connectivity index (χ4n) is 5.19. The molecular formula is C21H36OSi. The predicted octanol–water partition coefficient (Wildman–Crippen LogP) is 6.35. The zero-order chi connectivity index (χ0) is 16.7. The van der Waals surface area contributed by atoms with Crippen molar-refractivity contribution < 1.29 is 4.74 Å². The fraction of sp³-hybridized carbons (Fsp3) is 0.810. The van der Waals surface area contributed by atoms with Crippen molar-refractivity contribution in [3.63, 3.8) is 0 Å². The summed E-state index contributed by atoms with van der Waals surface area (Å²) in [5.41, 5.74) is 3.68. The van der Waals surface area contributed by atoms with Gasteiger partial charge in [-0.1, -0.05) is 56.3 Å². The van der Waals surface area contributed by atoms with Crippen LogP contribution in [0.2, 0.25) is 25.7 Å². The van der Waals surface area contributed by atoms with Crippen molar-refractivity contribution in [1.82, 2.24) is 0 Å². The Labute approximate surface area is 144 Å². The third kappa shape index (κ3) is 3.53. The standard InChI is InChI=1S/C21H36OSi/c1-16-11-12-20(21(16)14-13-17(2)22-21)19(15-23(3,4)5)18-9-7-6-8-10-18/h13-14,16-17,20H,6-12,15H2,1-5H3/t16-,17-,20+,21+/m1/s1. The maximum Gasteiger partial charge on any atom is 0.0961 e. The minimum Gasteiger partial charge on any atom is -0.363 e. The van der Waals surface area contributed by atoms with E-state index in [1.54, 1.807) is 0 Å². The van der Waals surface area contributed by atoms with Crippen LogP contribution in [0.5, 0.6) is 0 Å². The van der Waals surface area contributed by atoms with Crippen LogP contribution in [-0.4, -0.2) is 19.8 Å². The summed E-state index contributed by atoms with van der Waals surface area (Å²) in [6.07, 6.45) is 14.7. The van der Waals surface area contributed by atoms with Crippen LogP contribution in [0, 0.1) is 11.8 Å². The third-order valence-corrected chi connectivity index (χ3v) is 7.72. The first-order chi connectivity index (χ1) is 10.8. The summed E-state index contributed by atoms with van der Waals surface area (Å²) in [6, 6.07) is 1.38. The van der Waals surface area contributed by atoms with Gasteiger partial charge < -0.3 is 4.74 Å². The molecule has 2 saturated carbocycles. The SMILES string of the molecule is C[C@@H]1C=C[C@]2(O1)[C@H](C)CC[C@H]2C(C[Si](C)(C)C)=C1CCCCC1. The van der Waals surface area contributed by atoms with Gasteiger partial charge in [-0.3, -0.25) is 0 Å². The van der Waals surface area contributed by atoms with E-state index in [0.717, 1.165) is 0 Å². The molecular weight excluding hydrogens is 296 g/mol. The quantitative estimate of drug-likeness (QED) is 0.432. The molecule has 0 radical (unpaired) electrons. The Kier molecular flexibility index (Phi) is 4.95. The van der Waals surface area contributed by atoms with Crippen molar-refractivity contribution in [2.45, 2.75) is 96.2 Å². The fourth-order valence-corrected chi connectivity index (χ4v) is 6.83. The lowest BCUT2D eigenvalue weighted by atomic mass is 9.77. The van der Waals surface area contributed by atoms with Gasteiger partial charge >= 0.3 is 0 Å². The highest BCUT2D eigenvalue weighted by atomic mass is 28.3. The molecule has 130 valence electrons. The van der Waals surface area contributed by atoms with E-state index in [4.69, 9.17) is 4.74 Å². The molecule has 0 amide bonds. The molecule has 1 heterocycles. The number of allylic oxidation sites excluding steroid dienone is 1. The molecule has 2 fully saturated rings. The summed E-state index contributed by atoms with van der Waals surface area (Å²) in [5.74, 6) is 1.31. The molecule has 1 spiro atoms. The Morgan fingerprint density at radius 3 is 2.39 bits per heavy atom. The molecule has 2 heteroatoms. The van der Waals surface area contributed by atoms with E-state index in [9.17, 15) is 0 Å². The molecule has 0 saturated heterocycles. The lowest BCUT2D eigenvalue weighted by molar-refractivity contribution is -0.0574. The Bertz CT molecular complexity index is 490. The number of hydrogen-bond donors (Lipinski definition) is 0. The van der Waals surface area contributed by atoms with E-state index < -0.39 is 8.07 Å². The first-order valence-corrected chi connectivity index (χ1v) is 13.6. The smallest absolute Gasteiger partial charge is 0.0961 e. The highest BCUT2D eigenvalue weighted by Gasteiger charge is 2.52. The first kappa shape index (κ1) is 17.5. The Morgan fingerprint density at radius 1 is 1.13 bits per heavy atom. The summed E-state index contributed by atoms with van der Waals surface area (Å²) in [6.45, 7) is 12.2. The van der Waals surface area contributed by atoms with Crippen LogP contribution in [0.25, 0.3) is 0 Å². The van der Waals surface area contributed by atoms with Crippen LogP contribution in [0.3, 0.4) is 0 Å². The molecule has 0 aromatic rings. The van der Waals surface area contributed by atoms with Crippen LogP contribution in [-0.2, 0) is 4.74 Å². The second kappa shape index (κ2) is 6.52. The van der Waals surface area contributed by atoms with Gasteiger partial charge in [-0.05, 0) is 57.4 Å². The van der Waals surface area contributed by atoms with Crippen LogP contribution in [0.4, 0.5) is 0 Å². The Morgan fingerprint density at radius 2 is 1.83 bits per heavy atom. The van der Waals surface area contributed by atoms with Gasteiger partial charge in [-0.15, -0.1) is 0 Å². The monoisotopic (exact) mass is 332 g/mol. The summed E-state index contributed by atoms with van der Waals surface area (Å²) >= 11 is 0. The molecule has 0 N–H and O–H groups in total. The van der Waals surface area contributed by atoms with Crippen LogP contribution in [0.15, 0.2) is 23.3 Å². The molecule has 0 bridgehead atoms. The van der Waals surface area contributed by atoms with Gasteiger partial charge in [0.25, 0.3) is 0 Å². The van der Waals surface area contributed by atoms with Gasteiger partial charge in [0.05, 0.1) is 11.7 Å². The summed E-state index contributed by atoms with van der Waals surface area (Å²) in [7, 11) is -1.12. The summed E-state index contributed by atoms with van der Waals surface area (Å²) in [4.78, 5) is 0. The molecule has 23 heavy (non-hydrogen) atoms. The predicted molar refractivity (Wildman–Crippen MR) is 103 cm³/mol. The first-order valence-electron chi connectivity index (χ1n) is 9.90. The zero-order valence-electron chi connectivity index (χ0n) is 16.0. The maximum absolute atomic E-state index is 6.59. The number of ether oxygens (including phenoxy) is 1. The molecule has 3 rings (SSSR count). The molecule has 1 nitrogen and oxygen atoms in total. The van der Waals surface area contributed by atoms with Gasteiger partial charge in [0.15, 0.2) is 0 Å². The van der Waals surface area contributed by atoms with E-state index in [-0.39, 0.29) is 5.60 Å². The summed E-state index contributed by atoms with van der Waals surface area (Å²) < 4.78 is 6.59. The lowest BCUT2D eigenvalue weighted by Gasteiger charge is -2.39. The van der Waals surface area contributed by atoms with Gasteiger partial charge in [-0.25, -0.2) is 0 Å². The second-order valence-corrected chi connectivity index (χ2v) is 15.0. The van der Waals surface area contributed by atoms with Crippen LogP contribution >= 0.6 is 0 Å². The van der Waals surface area contributed by atoms with E-state index in [2.05, 4.69) is 45.6 Å². The van der Waals surface area contributed by atoms with Crippen molar-refractivity contribution >= 4 is 8.07 Å². The number of rotatable bonds is 3. The van der Waals surface area contributed by atoms with Crippen LogP contribution < -0.4 is 0 Å². The summed E-state index contributed by atoms with van der Waals surface area (Å²) in [5, 5.41) is 0. The van der Waals surface area contributed by atoms with E-state index in [1.165, 1.54) is 51.0 Å². The van der Waals surface area contributed by atoms with E-state index in [0.29, 0.717) is 17.9 Å². The normalized spacial score (nSPS) is 37.8. The Hall–Kier alpha value is -0.343. The topological polar surface area (TPSA) is 9.23 Å². The van der Waals surface area contributed by atoms with Crippen molar-refractivity contribution in [2.75, 3.05) is 0 Å². The van der Waals surface area contributed by atoms with Gasteiger partial charge in [0.2, 0.25) is 0 Å². The van der Waals surface area contributed by atoms with E-state index in [1.807, 2.05) is 11.1 Å². The second-order valence-electron chi connectivity index (χ2n) is 9.49. The highest BCUT2D eigenvalue weighted by Crippen LogP contribution is 2.53. The van der Waals surface area contributed by atoms with Crippen molar-refractivity contribution in [1.29, 1.82) is 0 Å². The van der Waals surface area contributed by atoms with Crippen molar-refractivity contribution in [3.05, 3.63) is 23.3 Å². The highest BCUT2D eigenvalue weighted by molar-refractivity contribution is 6.76. The third-order valence-electron chi connectivity index (χ3n) is 6.27. The molecule has 0 aromatic heterocycles. The Balaban J connectivity index is 1.97. The molecule has 3 aliphatic rings. The van der Waals surface area contributed by atoms with Crippen molar-refractivity contribution in [3.8, 4) is 0 Å². The molecule has 4 atom stereocenters. The van der Waals surface area contributed by atoms with Crippen molar-refractivity contribution in [2.24, 2.45) is 11.8 Å². The molecule has 0 unspecified atom stereocenters. The average Bonchev–Trinajstić information content (AvgIpc) is 3.02. The number of hydrogen-bond acceptors (Lipinski definition) is 1. The lowest BCUT2D eigenvalue weighted by Crippen LogP contribution is -2.41. The minimum atomic E-state index is -1.12.